The van der Waals surface area contributed by atoms with Crippen LogP contribution < -0.4 is 10.2 Å². The molecule has 0 saturated carbocycles. The van der Waals surface area contributed by atoms with Crippen molar-refractivity contribution in [3.63, 3.8) is 0 Å². The first-order valence-electron chi connectivity index (χ1n) is 7.69. The minimum Gasteiger partial charge on any atom is -0.444 e. The fraction of sp³-hybridized carbons (Fsp3) is 0.714. The molecule has 2 amide bonds. The fourth-order valence-corrected chi connectivity index (χ4v) is 2.25. The lowest BCUT2D eigenvalue weighted by Crippen LogP contribution is -2.50. The highest BCUT2D eigenvalue weighted by Crippen LogP contribution is 2.16. The van der Waals surface area contributed by atoms with Crippen molar-refractivity contribution in [2.45, 2.75) is 26.4 Å². The van der Waals surface area contributed by atoms with Gasteiger partial charge in [0.05, 0.1) is 0 Å². The number of ether oxygens (including phenoxy) is 1. The number of carbonyl (C=O) groups is 2. The molecule has 0 radical (unpaired) electrons. The minimum absolute atomic E-state index is 0.142. The van der Waals surface area contributed by atoms with Gasteiger partial charge in [0, 0.05) is 33.2 Å². The zero-order valence-electron chi connectivity index (χ0n) is 14.4. The molecule has 0 bridgehead atoms. The summed E-state index contributed by atoms with van der Waals surface area (Å²) >= 11 is 5.47. The summed E-state index contributed by atoms with van der Waals surface area (Å²) in [6.07, 6.45) is -0.314. The van der Waals surface area contributed by atoms with Gasteiger partial charge in [-0.1, -0.05) is 0 Å². The Hall–Kier alpha value is -2.03. The monoisotopic (exact) mass is 358 g/mol. The number of carbonyl (C=O) groups excluding carboxylic acids is 2. The topological polar surface area (TPSA) is 92.6 Å². The van der Waals surface area contributed by atoms with Crippen LogP contribution in [0.3, 0.4) is 0 Å². The molecule has 2 heterocycles. The van der Waals surface area contributed by atoms with Crippen molar-refractivity contribution in [2.24, 2.45) is 7.05 Å². The Bertz CT molecular complexity index is 604. The average molecular weight is 359 g/mol. The molecule has 0 aromatic carbocycles. The van der Waals surface area contributed by atoms with Crippen molar-refractivity contribution in [1.29, 1.82) is 0 Å². The van der Waals surface area contributed by atoms with Gasteiger partial charge in [0.15, 0.2) is 0 Å². The summed E-state index contributed by atoms with van der Waals surface area (Å²) in [5.41, 5.74) is -0.508. The summed E-state index contributed by atoms with van der Waals surface area (Å²) < 4.78 is 6.86. The highest BCUT2D eigenvalue weighted by Gasteiger charge is 2.27. The molecule has 0 atom stereocenters. The number of hydrogen-bond donors (Lipinski definition) is 1. The molecule has 0 spiro atoms. The van der Waals surface area contributed by atoms with E-state index in [0.29, 0.717) is 38.1 Å². The maximum atomic E-state index is 12.1. The molecular formula is C14H23ClN6O3. The Labute approximate surface area is 145 Å². The molecule has 2 rings (SSSR count). The summed E-state index contributed by atoms with van der Waals surface area (Å²) in [4.78, 5) is 31.3. The number of alkyl halides is 1. The van der Waals surface area contributed by atoms with Crippen molar-refractivity contribution in [1.82, 2.24) is 19.7 Å². The van der Waals surface area contributed by atoms with E-state index in [9.17, 15) is 9.59 Å². The van der Waals surface area contributed by atoms with E-state index in [1.807, 2.05) is 25.7 Å². The van der Waals surface area contributed by atoms with Gasteiger partial charge < -0.3 is 14.5 Å². The van der Waals surface area contributed by atoms with Gasteiger partial charge >= 0.3 is 6.09 Å². The van der Waals surface area contributed by atoms with E-state index in [1.165, 1.54) is 4.68 Å². The molecular weight excluding hydrogens is 336 g/mol. The maximum Gasteiger partial charge on any atom is 0.410 e. The van der Waals surface area contributed by atoms with Crippen LogP contribution in [0.2, 0.25) is 0 Å². The zero-order valence-corrected chi connectivity index (χ0v) is 15.1. The molecule has 1 aromatic heterocycles. The Morgan fingerprint density at radius 3 is 2.42 bits per heavy atom. The summed E-state index contributed by atoms with van der Waals surface area (Å²) in [5.74, 6) is 0.362. The Kier molecular flexibility index (Phi) is 5.53. The second-order valence-electron chi connectivity index (χ2n) is 6.50. The lowest BCUT2D eigenvalue weighted by molar-refractivity contribution is -0.114. The standard InChI is InChI=1S/C14H23ClN6O3/c1-14(2,3)24-13(23)21-7-5-20(6-8-21)12-17-11(19(4)18-12)16-10(22)9-15/h5-9H2,1-4H3,(H,16,17,18,22). The van der Waals surface area contributed by atoms with Crippen molar-refractivity contribution in [3.05, 3.63) is 0 Å². The number of nitrogens with zero attached hydrogens (tertiary/aromatic N) is 5. The van der Waals surface area contributed by atoms with Crippen LogP contribution in [-0.4, -0.2) is 69.3 Å². The predicted octanol–water partition coefficient (Wildman–Crippen LogP) is 1.05. The largest absolute Gasteiger partial charge is 0.444 e. The van der Waals surface area contributed by atoms with Crippen LogP contribution in [0.5, 0.6) is 0 Å². The second kappa shape index (κ2) is 7.25. The van der Waals surface area contributed by atoms with Gasteiger partial charge in [0.2, 0.25) is 17.8 Å². The third kappa shape index (κ3) is 4.73. The van der Waals surface area contributed by atoms with E-state index >= 15 is 0 Å². The van der Waals surface area contributed by atoms with Crippen LogP contribution in [0.1, 0.15) is 20.8 Å². The summed E-state index contributed by atoms with van der Waals surface area (Å²) in [7, 11) is 1.69. The highest BCUT2D eigenvalue weighted by molar-refractivity contribution is 6.28. The molecule has 10 heteroatoms. The van der Waals surface area contributed by atoms with Gasteiger partial charge in [-0.15, -0.1) is 16.7 Å². The SMILES string of the molecule is Cn1nc(N2CCN(C(=O)OC(C)(C)C)CC2)nc1NC(=O)CCl. The van der Waals surface area contributed by atoms with Crippen LogP contribution >= 0.6 is 11.6 Å². The second-order valence-corrected chi connectivity index (χ2v) is 6.76. The van der Waals surface area contributed by atoms with Crippen LogP contribution in [-0.2, 0) is 16.6 Å². The lowest BCUT2D eigenvalue weighted by atomic mass is 10.2. The van der Waals surface area contributed by atoms with Gasteiger partial charge in [-0.05, 0) is 20.8 Å². The van der Waals surface area contributed by atoms with Crippen LogP contribution in [0.15, 0.2) is 0 Å². The number of aromatic nitrogens is 3. The Balaban J connectivity index is 1.94. The summed E-state index contributed by atoms with van der Waals surface area (Å²) in [5, 5.41) is 6.87. The van der Waals surface area contributed by atoms with Crippen molar-refractivity contribution in [3.8, 4) is 0 Å². The molecule has 1 N–H and O–H groups in total. The van der Waals surface area contributed by atoms with Crippen molar-refractivity contribution in [2.75, 3.05) is 42.3 Å². The zero-order chi connectivity index (χ0) is 17.9. The smallest absolute Gasteiger partial charge is 0.410 e. The molecule has 1 aliphatic rings. The van der Waals surface area contributed by atoms with E-state index in [2.05, 4.69) is 15.4 Å². The molecule has 9 nitrogen and oxygen atoms in total. The molecule has 1 aromatic rings. The van der Waals surface area contributed by atoms with Crippen molar-refractivity contribution < 1.29 is 14.3 Å². The van der Waals surface area contributed by atoms with E-state index in [0.717, 1.165) is 0 Å². The maximum absolute atomic E-state index is 12.1. The number of halogens is 1. The highest BCUT2D eigenvalue weighted by atomic mass is 35.5. The van der Waals surface area contributed by atoms with Crippen molar-refractivity contribution >= 4 is 35.5 Å². The normalized spacial score (nSPS) is 15.4. The lowest BCUT2D eigenvalue weighted by Gasteiger charge is -2.35. The molecule has 0 aliphatic carbocycles. The van der Waals surface area contributed by atoms with E-state index in [4.69, 9.17) is 16.3 Å². The van der Waals surface area contributed by atoms with Crippen LogP contribution in [0, 0.1) is 0 Å². The average Bonchev–Trinajstić information content (AvgIpc) is 2.86. The van der Waals surface area contributed by atoms with Gasteiger partial charge in [0.1, 0.15) is 11.5 Å². The van der Waals surface area contributed by atoms with E-state index < -0.39 is 5.60 Å². The fourth-order valence-electron chi connectivity index (χ4n) is 2.19. The molecule has 1 fully saturated rings. The number of nitrogens with one attached hydrogen (secondary N) is 1. The predicted molar refractivity (Wildman–Crippen MR) is 90.4 cm³/mol. The Morgan fingerprint density at radius 2 is 1.88 bits per heavy atom. The number of anilines is 2. The third-order valence-electron chi connectivity index (χ3n) is 3.34. The van der Waals surface area contributed by atoms with Crippen LogP contribution in [0.4, 0.5) is 16.7 Å². The van der Waals surface area contributed by atoms with Gasteiger partial charge in [-0.3, -0.25) is 10.1 Å². The number of hydrogen-bond acceptors (Lipinski definition) is 6. The van der Waals surface area contributed by atoms with Gasteiger partial charge in [-0.2, -0.15) is 4.98 Å². The van der Waals surface area contributed by atoms with Gasteiger partial charge in [-0.25, -0.2) is 9.48 Å². The molecule has 1 saturated heterocycles. The van der Waals surface area contributed by atoms with Crippen LogP contribution in [0.25, 0.3) is 0 Å². The number of rotatable bonds is 3. The molecule has 24 heavy (non-hydrogen) atoms. The summed E-state index contributed by atoms with van der Waals surface area (Å²) in [6, 6.07) is 0. The van der Waals surface area contributed by atoms with E-state index in [1.54, 1.807) is 11.9 Å². The number of amides is 2. The summed E-state index contributed by atoms with van der Waals surface area (Å²) in [6.45, 7) is 7.76. The third-order valence-corrected chi connectivity index (χ3v) is 3.58. The number of piperazine rings is 1. The minimum atomic E-state index is -0.508. The molecule has 134 valence electrons. The first-order chi connectivity index (χ1) is 11.2. The number of aryl methyl sites for hydroxylation is 1. The van der Waals surface area contributed by atoms with E-state index in [-0.39, 0.29) is 17.9 Å². The quantitative estimate of drug-likeness (QED) is 0.812. The first-order valence-corrected chi connectivity index (χ1v) is 8.23. The van der Waals surface area contributed by atoms with Gasteiger partial charge in [0.25, 0.3) is 0 Å². The Morgan fingerprint density at radius 1 is 1.25 bits per heavy atom. The first kappa shape index (κ1) is 18.3. The molecule has 0 unspecified atom stereocenters. The molecule has 1 aliphatic heterocycles.